The van der Waals surface area contributed by atoms with Gasteiger partial charge < -0.3 is 15.4 Å². The number of unbranched alkanes of at least 4 members (excludes halogenated alkanes) is 4. The predicted molar refractivity (Wildman–Crippen MR) is 154 cm³/mol. The molecule has 2 aliphatic rings. The molecule has 1 aromatic heterocycles. The fourth-order valence-electron chi connectivity index (χ4n) is 6.19. The summed E-state index contributed by atoms with van der Waals surface area (Å²) in [6.45, 7) is 12.4. The zero-order chi connectivity index (χ0) is 26.9. The molecule has 1 atom stereocenters. The van der Waals surface area contributed by atoms with Crippen molar-refractivity contribution in [3.63, 3.8) is 0 Å². The summed E-state index contributed by atoms with van der Waals surface area (Å²) in [4.78, 5) is 19.8. The Morgan fingerprint density at radius 1 is 1.08 bits per heavy atom. The van der Waals surface area contributed by atoms with Crippen molar-refractivity contribution in [2.24, 2.45) is 5.73 Å². The van der Waals surface area contributed by atoms with Crippen molar-refractivity contribution in [3.8, 4) is 0 Å². The van der Waals surface area contributed by atoms with Gasteiger partial charge in [0.25, 0.3) is 0 Å². The van der Waals surface area contributed by atoms with Crippen LogP contribution in [0.1, 0.15) is 69.4 Å². The summed E-state index contributed by atoms with van der Waals surface area (Å²) in [5.74, 6) is -0.141. The van der Waals surface area contributed by atoms with Gasteiger partial charge in [0, 0.05) is 56.6 Å². The van der Waals surface area contributed by atoms with Crippen LogP contribution < -0.4 is 5.73 Å². The van der Waals surface area contributed by atoms with Crippen molar-refractivity contribution in [1.29, 1.82) is 0 Å². The highest BCUT2D eigenvalue weighted by molar-refractivity contribution is 5.82. The molecule has 8 heteroatoms. The van der Waals surface area contributed by atoms with Crippen molar-refractivity contribution >= 4 is 16.9 Å². The number of benzene rings is 1. The predicted octanol–water partition coefficient (Wildman–Crippen LogP) is 3.79. The van der Waals surface area contributed by atoms with Crippen molar-refractivity contribution in [2.45, 2.75) is 90.4 Å². The number of fused-ring (bicyclic) bond motifs is 1. The number of aryl methyl sites for hydroxylation is 1. The molecule has 3 heterocycles. The van der Waals surface area contributed by atoms with Crippen LogP contribution in [0.15, 0.2) is 18.3 Å². The summed E-state index contributed by atoms with van der Waals surface area (Å²) in [5, 5.41) is 5.58. The van der Waals surface area contributed by atoms with Gasteiger partial charge in [-0.25, -0.2) is 4.68 Å². The van der Waals surface area contributed by atoms with Crippen LogP contribution in [0.25, 0.3) is 10.9 Å². The molecule has 8 nitrogen and oxygen atoms in total. The average Bonchev–Trinajstić information content (AvgIpc) is 3.31. The van der Waals surface area contributed by atoms with Gasteiger partial charge in [-0.2, -0.15) is 5.10 Å². The van der Waals surface area contributed by atoms with E-state index >= 15 is 0 Å². The molecule has 2 N–H and O–H groups in total. The van der Waals surface area contributed by atoms with E-state index in [0.717, 1.165) is 74.5 Å². The van der Waals surface area contributed by atoms with Crippen LogP contribution in [0.3, 0.4) is 0 Å². The second kappa shape index (κ2) is 14.4. The number of rotatable bonds is 13. The highest BCUT2D eigenvalue weighted by atomic mass is 16.5. The fraction of sp³-hybridized carbons (Fsp3) is 0.733. The third-order valence-corrected chi connectivity index (χ3v) is 8.42. The molecule has 2 aromatic rings. The van der Waals surface area contributed by atoms with Crippen LogP contribution >= 0.6 is 0 Å². The molecule has 1 unspecified atom stereocenters. The third kappa shape index (κ3) is 8.25. The van der Waals surface area contributed by atoms with Crippen molar-refractivity contribution in [1.82, 2.24) is 24.5 Å². The number of ether oxygens (including phenoxy) is 1. The van der Waals surface area contributed by atoms with Crippen molar-refractivity contribution in [3.05, 3.63) is 29.5 Å². The Labute approximate surface area is 229 Å². The second-order valence-corrected chi connectivity index (χ2v) is 11.6. The number of carbonyl (C=O) groups is 1. The highest BCUT2D eigenvalue weighted by Gasteiger charge is 2.27. The highest BCUT2D eigenvalue weighted by Crippen LogP contribution is 2.22. The van der Waals surface area contributed by atoms with E-state index < -0.39 is 0 Å². The lowest BCUT2D eigenvalue weighted by Gasteiger charge is -2.42. The molecule has 2 saturated heterocycles. The molecule has 0 radical (unpaired) electrons. The first-order valence-corrected chi connectivity index (χ1v) is 14.9. The monoisotopic (exact) mass is 526 g/mol. The second-order valence-electron chi connectivity index (χ2n) is 11.6. The first-order valence-electron chi connectivity index (χ1n) is 14.9. The normalized spacial score (nSPS) is 19.3. The molecule has 1 aromatic carbocycles. The quantitative estimate of drug-likeness (QED) is 0.314. The smallest absolute Gasteiger partial charge is 0.307 e. The Morgan fingerprint density at radius 2 is 1.82 bits per heavy atom. The lowest BCUT2D eigenvalue weighted by Crippen LogP contribution is -2.54. The van der Waals surface area contributed by atoms with Crippen LogP contribution in [-0.2, 0) is 22.7 Å². The molecule has 2 fully saturated rings. The number of piperidine rings is 1. The van der Waals surface area contributed by atoms with Gasteiger partial charge in [-0.15, -0.1) is 0 Å². The Bertz CT molecular complexity index is 1010. The Morgan fingerprint density at radius 3 is 2.55 bits per heavy atom. The number of hydrogen-bond donors (Lipinski definition) is 1. The standard InChI is InChI=1S/C30H50N6O2/c1-4-5-6-7-8-9-29(37)38-23-36-30-24(2)18-25(19-26(30)21-32-36)20-27(31)22-34-14-16-35(17-15-34)28-10-12-33(3)13-11-28/h18-19,21,27-28H,4-17,20,22-23,31H2,1-3H3. The summed E-state index contributed by atoms with van der Waals surface area (Å²) in [6, 6.07) is 5.28. The number of aromatic nitrogens is 2. The summed E-state index contributed by atoms with van der Waals surface area (Å²) in [7, 11) is 2.23. The summed E-state index contributed by atoms with van der Waals surface area (Å²) in [6.07, 6.45) is 11.4. The summed E-state index contributed by atoms with van der Waals surface area (Å²) >= 11 is 0. The molecule has 4 rings (SSSR count). The third-order valence-electron chi connectivity index (χ3n) is 8.42. The molecule has 38 heavy (non-hydrogen) atoms. The first kappa shape index (κ1) is 29.0. The van der Waals surface area contributed by atoms with Gasteiger partial charge in [0.2, 0.25) is 0 Å². The van der Waals surface area contributed by atoms with E-state index in [4.69, 9.17) is 10.5 Å². The van der Waals surface area contributed by atoms with Gasteiger partial charge in [0.1, 0.15) is 0 Å². The minimum absolute atomic E-state index is 0.107. The van der Waals surface area contributed by atoms with E-state index in [2.05, 4.69) is 52.8 Å². The lowest BCUT2D eigenvalue weighted by molar-refractivity contribution is -0.147. The van der Waals surface area contributed by atoms with E-state index in [0.29, 0.717) is 6.42 Å². The van der Waals surface area contributed by atoms with Crippen molar-refractivity contribution in [2.75, 3.05) is 52.9 Å². The van der Waals surface area contributed by atoms with Gasteiger partial charge in [-0.3, -0.25) is 14.6 Å². The van der Waals surface area contributed by atoms with Gasteiger partial charge in [0.15, 0.2) is 6.73 Å². The van der Waals surface area contributed by atoms with E-state index in [9.17, 15) is 4.79 Å². The zero-order valence-electron chi connectivity index (χ0n) is 24.0. The maximum absolute atomic E-state index is 12.2. The van der Waals surface area contributed by atoms with E-state index in [1.807, 2.05) is 6.20 Å². The molecule has 0 spiro atoms. The first-order chi connectivity index (χ1) is 18.4. The zero-order valence-corrected chi connectivity index (χ0v) is 24.0. The Hall–Kier alpha value is -2.00. The van der Waals surface area contributed by atoms with Crippen LogP contribution in [0, 0.1) is 6.92 Å². The van der Waals surface area contributed by atoms with Crippen LogP contribution in [0.4, 0.5) is 0 Å². The molecule has 212 valence electrons. The number of nitrogens with zero attached hydrogens (tertiary/aromatic N) is 5. The van der Waals surface area contributed by atoms with Crippen LogP contribution in [-0.4, -0.2) is 95.4 Å². The number of likely N-dealkylation sites (tertiary alicyclic amines) is 1. The molecule has 2 aliphatic heterocycles. The topological polar surface area (TPSA) is 79.9 Å². The van der Waals surface area contributed by atoms with E-state index in [1.165, 1.54) is 50.8 Å². The Balaban J connectivity index is 1.22. The largest absolute Gasteiger partial charge is 0.442 e. The summed E-state index contributed by atoms with van der Waals surface area (Å²) < 4.78 is 7.32. The van der Waals surface area contributed by atoms with Gasteiger partial charge in [0.05, 0.1) is 11.7 Å². The molecule has 0 aliphatic carbocycles. The average molecular weight is 527 g/mol. The van der Waals surface area contributed by atoms with Gasteiger partial charge in [-0.05, 0) is 69.9 Å². The number of piperazine rings is 1. The molecule has 0 saturated carbocycles. The number of hydrogen-bond acceptors (Lipinski definition) is 7. The van der Waals surface area contributed by atoms with Gasteiger partial charge >= 0.3 is 5.97 Å². The van der Waals surface area contributed by atoms with Gasteiger partial charge in [-0.1, -0.05) is 38.7 Å². The lowest BCUT2D eigenvalue weighted by atomic mass is 10.0. The molecular weight excluding hydrogens is 476 g/mol. The maximum atomic E-state index is 12.2. The van der Waals surface area contributed by atoms with Crippen LogP contribution in [0.5, 0.6) is 0 Å². The van der Waals surface area contributed by atoms with E-state index in [1.54, 1.807) is 4.68 Å². The number of carbonyl (C=O) groups excluding carboxylic acids is 1. The fourth-order valence-corrected chi connectivity index (χ4v) is 6.19. The van der Waals surface area contributed by atoms with E-state index in [-0.39, 0.29) is 18.7 Å². The van der Waals surface area contributed by atoms with Crippen LogP contribution in [0.2, 0.25) is 0 Å². The minimum atomic E-state index is -0.141. The number of nitrogens with two attached hydrogens (primary N) is 1. The SMILES string of the molecule is CCCCCCCC(=O)OCn1ncc2cc(CC(N)CN3CCN(C4CCN(C)CC4)CC3)cc(C)c21. The summed E-state index contributed by atoms with van der Waals surface area (Å²) in [5.41, 5.74) is 10.1. The number of esters is 1. The molecule has 0 bridgehead atoms. The molecule has 0 amide bonds. The maximum Gasteiger partial charge on any atom is 0.307 e. The Kier molecular flexibility index (Phi) is 11.0. The van der Waals surface area contributed by atoms with Crippen molar-refractivity contribution < 1.29 is 9.53 Å². The molecular formula is C30H50N6O2. The minimum Gasteiger partial charge on any atom is -0.442 e.